The lowest BCUT2D eigenvalue weighted by Crippen LogP contribution is -2.38. The molecule has 2 amide bonds. The molecule has 5 nitrogen and oxygen atoms in total. The fraction of sp³-hybridized carbons (Fsp3) is 0.333. The maximum atomic E-state index is 11.3. The van der Waals surface area contributed by atoms with E-state index in [0.717, 1.165) is 16.7 Å². The molecule has 2 rings (SSSR count). The van der Waals surface area contributed by atoms with Crippen LogP contribution in [-0.2, 0) is 4.79 Å². The number of β-amino-alcohol motifs (C(OH)–C–C–N with tert-alkyl or cyclic N) is 1. The van der Waals surface area contributed by atoms with Crippen molar-refractivity contribution in [3.05, 3.63) is 30.3 Å². The average molecular weight is 267 g/mol. The number of hydrogen-bond donors (Lipinski definition) is 1. The van der Waals surface area contributed by atoms with Crippen LogP contribution in [0.5, 0.6) is 5.75 Å². The number of amides is 2. The Morgan fingerprint density at radius 2 is 2.06 bits per heavy atom. The van der Waals surface area contributed by atoms with Crippen molar-refractivity contribution in [1.29, 1.82) is 0 Å². The summed E-state index contributed by atoms with van der Waals surface area (Å²) < 4.78 is 5.34. The molecule has 1 aliphatic rings. The van der Waals surface area contributed by atoms with Gasteiger partial charge in [0, 0.05) is 0 Å². The van der Waals surface area contributed by atoms with E-state index in [1.54, 1.807) is 12.1 Å². The van der Waals surface area contributed by atoms with Crippen molar-refractivity contribution in [2.45, 2.75) is 6.10 Å². The Bertz CT molecular complexity index is 421. The first-order valence-electron chi connectivity index (χ1n) is 5.50. The third-order valence-corrected chi connectivity index (χ3v) is 3.28. The number of nitrogens with zero attached hydrogens (tertiary/aromatic N) is 1. The molecule has 1 aromatic carbocycles. The number of para-hydroxylation sites is 1. The molecule has 0 saturated carbocycles. The number of thioether (sulfide) groups is 1. The lowest BCUT2D eigenvalue weighted by atomic mass is 10.3. The molecule has 1 aromatic rings. The smallest absolute Gasteiger partial charge is 0.288 e. The monoisotopic (exact) mass is 267 g/mol. The van der Waals surface area contributed by atoms with Gasteiger partial charge < -0.3 is 9.84 Å². The Kier molecular flexibility index (Phi) is 4.22. The molecule has 1 fully saturated rings. The van der Waals surface area contributed by atoms with Crippen molar-refractivity contribution in [1.82, 2.24) is 4.90 Å². The third kappa shape index (κ3) is 3.24. The van der Waals surface area contributed by atoms with Crippen LogP contribution in [0.1, 0.15) is 0 Å². The van der Waals surface area contributed by atoms with E-state index in [1.807, 2.05) is 18.2 Å². The van der Waals surface area contributed by atoms with Gasteiger partial charge in [-0.2, -0.15) is 0 Å². The van der Waals surface area contributed by atoms with Crippen LogP contribution in [0.4, 0.5) is 4.79 Å². The summed E-state index contributed by atoms with van der Waals surface area (Å²) in [6.07, 6.45) is -0.878. The zero-order valence-electron chi connectivity index (χ0n) is 9.61. The molecule has 1 saturated heterocycles. The summed E-state index contributed by atoms with van der Waals surface area (Å²) in [5.74, 6) is 0.541. The predicted octanol–water partition coefficient (Wildman–Crippen LogP) is 1.12. The number of ether oxygens (including phenoxy) is 1. The average Bonchev–Trinajstić information content (AvgIpc) is 2.69. The zero-order valence-corrected chi connectivity index (χ0v) is 10.4. The van der Waals surface area contributed by atoms with E-state index < -0.39 is 6.10 Å². The van der Waals surface area contributed by atoms with Crippen molar-refractivity contribution >= 4 is 22.9 Å². The lowest BCUT2D eigenvalue weighted by molar-refractivity contribution is -0.125. The number of hydrogen-bond acceptors (Lipinski definition) is 5. The molecule has 6 heteroatoms. The van der Waals surface area contributed by atoms with E-state index in [-0.39, 0.29) is 30.1 Å². The van der Waals surface area contributed by atoms with Gasteiger partial charge in [0.25, 0.3) is 5.24 Å². The summed E-state index contributed by atoms with van der Waals surface area (Å²) in [6.45, 7) is 0.0310. The first kappa shape index (κ1) is 12.9. The summed E-state index contributed by atoms with van der Waals surface area (Å²) in [7, 11) is 0. The third-order valence-electron chi connectivity index (χ3n) is 2.42. The van der Waals surface area contributed by atoms with Crippen molar-refractivity contribution in [2.24, 2.45) is 0 Å². The molecule has 0 aromatic heterocycles. The Hall–Kier alpha value is -1.53. The highest BCUT2D eigenvalue weighted by Gasteiger charge is 2.31. The van der Waals surface area contributed by atoms with Gasteiger partial charge in [-0.3, -0.25) is 14.5 Å². The van der Waals surface area contributed by atoms with Crippen molar-refractivity contribution < 1.29 is 19.4 Å². The molecular formula is C12H13NO4S. The van der Waals surface area contributed by atoms with Crippen LogP contribution in [0.25, 0.3) is 0 Å². The Morgan fingerprint density at radius 1 is 1.33 bits per heavy atom. The molecule has 1 aliphatic heterocycles. The topological polar surface area (TPSA) is 66.8 Å². The van der Waals surface area contributed by atoms with Gasteiger partial charge in [0.2, 0.25) is 5.91 Å². The normalized spacial score (nSPS) is 17.1. The summed E-state index contributed by atoms with van der Waals surface area (Å²) in [6, 6.07) is 9.06. The van der Waals surface area contributed by atoms with Crippen LogP contribution in [0.15, 0.2) is 30.3 Å². The highest BCUT2D eigenvalue weighted by atomic mass is 32.2. The minimum Gasteiger partial charge on any atom is -0.491 e. The molecule has 96 valence electrons. The van der Waals surface area contributed by atoms with Crippen molar-refractivity contribution in [2.75, 3.05) is 18.9 Å². The highest BCUT2D eigenvalue weighted by Crippen LogP contribution is 2.19. The highest BCUT2D eigenvalue weighted by molar-refractivity contribution is 8.14. The number of rotatable bonds is 5. The van der Waals surface area contributed by atoms with Gasteiger partial charge in [0.05, 0.1) is 12.3 Å². The number of benzene rings is 1. The van der Waals surface area contributed by atoms with Crippen molar-refractivity contribution in [3.8, 4) is 5.75 Å². The zero-order chi connectivity index (χ0) is 13.0. The van der Waals surface area contributed by atoms with Crippen molar-refractivity contribution in [3.63, 3.8) is 0 Å². The Balaban J connectivity index is 1.80. The van der Waals surface area contributed by atoms with Crippen LogP contribution in [-0.4, -0.2) is 46.2 Å². The van der Waals surface area contributed by atoms with Crippen LogP contribution in [0.2, 0.25) is 0 Å². The second-order valence-electron chi connectivity index (χ2n) is 3.84. The molecule has 0 spiro atoms. The second kappa shape index (κ2) is 5.88. The SMILES string of the molecule is O=C1CSC(=O)N1C[C@@H](O)COc1ccccc1. The molecule has 0 bridgehead atoms. The number of carbonyl (C=O) groups is 2. The summed E-state index contributed by atoms with van der Waals surface area (Å²) in [5, 5.41) is 9.42. The fourth-order valence-corrected chi connectivity index (χ4v) is 2.27. The van der Waals surface area contributed by atoms with E-state index in [1.165, 1.54) is 0 Å². The number of imide groups is 1. The summed E-state index contributed by atoms with van der Waals surface area (Å²) >= 11 is 0.955. The standard InChI is InChI=1S/C12H13NO4S/c14-9(6-13-11(15)8-18-12(13)16)7-17-10-4-2-1-3-5-10/h1-5,9,14H,6-8H2/t9-/m1/s1. The van der Waals surface area contributed by atoms with Gasteiger partial charge in [-0.05, 0) is 12.1 Å². The van der Waals surface area contributed by atoms with Crippen LogP contribution < -0.4 is 4.74 Å². The molecule has 0 radical (unpaired) electrons. The van der Waals surface area contributed by atoms with Gasteiger partial charge in [-0.15, -0.1) is 0 Å². The first-order valence-corrected chi connectivity index (χ1v) is 6.48. The maximum absolute atomic E-state index is 11.3. The first-order chi connectivity index (χ1) is 8.66. The van der Waals surface area contributed by atoms with Crippen LogP contribution in [0.3, 0.4) is 0 Å². The quantitative estimate of drug-likeness (QED) is 0.866. The van der Waals surface area contributed by atoms with Crippen LogP contribution >= 0.6 is 11.8 Å². The van der Waals surface area contributed by atoms with E-state index in [2.05, 4.69) is 0 Å². The number of carbonyl (C=O) groups excluding carboxylic acids is 2. The van der Waals surface area contributed by atoms with Gasteiger partial charge in [0.15, 0.2) is 0 Å². The lowest BCUT2D eigenvalue weighted by Gasteiger charge is -2.18. The second-order valence-corrected chi connectivity index (χ2v) is 4.76. The Labute approximate surface area is 109 Å². The van der Waals surface area contributed by atoms with Gasteiger partial charge >= 0.3 is 0 Å². The molecule has 1 heterocycles. The molecule has 0 aliphatic carbocycles. The largest absolute Gasteiger partial charge is 0.491 e. The molecule has 0 unspecified atom stereocenters. The minimum atomic E-state index is -0.878. The van der Waals surface area contributed by atoms with Gasteiger partial charge in [-0.25, -0.2) is 0 Å². The van der Waals surface area contributed by atoms with E-state index >= 15 is 0 Å². The van der Waals surface area contributed by atoms with Gasteiger partial charge in [0.1, 0.15) is 18.5 Å². The summed E-state index contributed by atoms with van der Waals surface area (Å²) in [5.41, 5.74) is 0. The summed E-state index contributed by atoms with van der Waals surface area (Å²) in [4.78, 5) is 23.7. The molecule has 18 heavy (non-hydrogen) atoms. The fourth-order valence-electron chi connectivity index (χ4n) is 1.53. The van der Waals surface area contributed by atoms with Gasteiger partial charge in [-0.1, -0.05) is 30.0 Å². The van der Waals surface area contributed by atoms with Crippen LogP contribution in [0, 0.1) is 0 Å². The molecule has 1 atom stereocenters. The maximum Gasteiger partial charge on any atom is 0.288 e. The van der Waals surface area contributed by atoms with E-state index in [0.29, 0.717) is 5.75 Å². The molecular weight excluding hydrogens is 254 g/mol. The van der Waals surface area contributed by atoms with E-state index in [4.69, 9.17) is 4.74 Å². The minimum absolute atomic E-state index is 0.0164. The Morgan fingerprint density at radius 3 is 2.67 bits per heavy atom. The number of aliphatic hydroxyl groups excluding tert-OH is 1. The molecule has 1 N–H and O–H groups in total. The predicted molar refractivity (Wildman–Crippen MR) is 67.5 cm³/mol. The number of aliphatic hydroxyl groups is 1. The van der Waals surface area contributed by atoms with E-state index in [9.17, 15) is 14.7 Å².